The van der Waals surface area contributed by atoms with Crippen LogP contribution in [0.3, 0.4) is 0 Å². The highest BCUT2D eigenvalue weighted by Gasteiger charge is 2.20. The van der Waals surface area contributed by atoms with Gasteiger partial charge >= 0.3 is 0 Å². The van der Waals surface area contributed by atoms with Crippen LogP contribution >= 0.6 is 15.9 Å². The third-order valence-electron chi connectivity index (χ3n) is 4.40. The van der Waals surface area contributed by atoms with Gasteiger partial charge in [-0.25, -0.2) is 0 Å². The van der Waals surface area contributed by atoms with Crippen LogP contribution in [0.25, 0.3) is 0 Å². The molecule has 0 saturated heterocycles. The standard InChI is InChI=1S/C18H26BrNO/c1-2-7-17(12-14-8-4-3-5-9-14)20-18(21)15-10-6-11-16(19)13-15/h6,10-11,13-14,17H,2-5,7-9,12H2,1H3,(H,20,21)/t17-/m1/s1. The van der Waals surface area contributed by atoms with E-state index in [9.17, 15) is 4.79 Å². The molecule has 21 heavy (non-hydrogen) atoms. The van der Waals surface area contributed by atoms with Crippen LogP contribution in [0.4, 0.5) is 0 Å². The topological polar surface area (TPSA) is 29.1 Å². The van der Waals surface area contributed by atoms with Crippen molar-refractivity contribution in [2.75, 3.05) is 0 Å². The molecule has 0 aromatic heterocycles. The molecule has 0 radical (unpaired) electrons. The molecule has 1 aromatic carbocycles. The molecule has 1 saturated carbocycles. The van der Waals surface area contributed by atoms with Crippen molar-refractivity contribution in [3.8, 4) is 0 Å². The Morgan fingerprint density at radius 1 is 1.33 bits per heavy atom. The summed E-state index contributed by atoms with van der Waals surface area (Å²) >= 11 is 3.43. The monoisotopic (exact) mass is 351 g/mol. The Labute approximate surface area is 136 Å². The highest BCUT2D eigenvalue weighted by Crippen LogP contribution is 2.28. The van der Waals surface area contributed by atoms with E-state index in [1.54, 1.807) is 0 Å². The first-order chi connectivity index (χ1) is 10.2. The lowest BCUT2D eigenvalue weighted by molar-refractivity contribution is 0.0926. The fourth-order valence-corrected chi connectivity index (χ4v) is 3.72. The lowest BCUT2D eigenvalue weighted by Crippen LogP contribution is -2.36. The second-order valence-electron chi connectivity index (χ2n) is 6.21. The van der Waals surface area contributed by atoms with Crippen molar-refractivity contribution in [2.24, 2.45) is 5.92 Å². The largest absolute Gasteiger partial charge is 0.349 e. The first-order valence-electron chi connectivity index (χ1n) is 8.25. The molecule has 3 heteroatoms. The minimum Gasteiger partial charge on any atom is -0.349 e. The number of carbonyl (C=O) groups is 1. The first-order valence-corrected chi connectivity index (χ1v) is 9.04. The van der Waals surface area contributed by atoms with Gasteiger partial charge in [0.05, 0.1) is 0 Å². The Morgan fingerprint density at radius 2 is 2.10 bits per heavy atom. The Bertz CT molecular complexity index is 454. The first kappa shape index (κ1) is 16.5. The summed E-state index contributed by atoms with van der Waals surface area (Å²) in [5.74, 6) is 0.865. The lowest BCUT2D eigenvalue weighted by Gasteiger charge is -2.27. The molecule has 0 bridgehead atoms. The van der Waals surface area contributed by atoms with Gasteiger partial charge in [-0.05, 0) is 37.0 Å². The number of hydrogen-bond acceptors (Lipinski definition) is 1. The molecule has 0 aliphatic heterocycles. The van der Waals surface area contributed by atoms with E-state index >= 15 is 0 Å². The molecule has 0 spiro atoms. The van der Waals surface area contributed by atoms with Gasteiger partial charge in [-0.2, -0.15) is 0 Å². The van der Waals surface area contributed by atoms with E-state index in [4.69, 9.17) is 0 Å². The molecule has 1 fully saturated rings. The van der Waals surface area contributed by atoms with Crippen LogP contribution in [0.2, 0.25) is 0 Å². The summed E-state index contributed by atoms with van der Waals surface area (Å²) < 4.78 is 0.953. The van der Waals surface area contributed by atoms with E-state index in [2.05, 4.69) is 28.2 Å². The number of carbonyl (C=O) groups excluding carboxylic acids is 1. The second kappa shape index (κ2) is 8.57. The van der Waals surface area contributed by atoms with Gasteiger partial charge in [-0.15, -0.1) is 0 Å². The van der Waals surface area contributed by atoms with Gasteiger partial charge < -0.3 is 5.32 Å². The minimum absolute atomic E-state index is 0.0607. The van der Waals surface area contributed by atoms with Gasteiger partial charge in [0.2, 0.25) is 0 Å². The maximum absolute atomic E-state index is 12.4. The Balaban J connectivity index is 1.93. The van der Waals surface area contributed by atoms with Crippen molar-refractivity contribution in [3.05, 3.63) is 34.3 Å². The molecule has 2 rings (SSSR count). The summed E-state index contributed by atoms with van der Waals surface area (Å²) in [5.41, 5.74) is 0.745. The summed E-state index contributed by atoms with van der Waals surface area (Å²) in [6.45, 7) is 2.19. The fraction of sp³-hybridized carbons (Fsp3) is 0.611. The maximum Gasteiger partial charge on any atom is 0.251 e. The highest BCUT2D eigenvalue weighted by molar-refractivity contribution is 9.10. The van der Waals surface area contributed by atoms with Crippen LogP contribution in [0, 0.1) is 5.92 Å². The predicted molar refractivity (Wildman–Crippen MR) is 91.5 cm³/mol. The van der Waals surface area contributed by atoms with Gasteiger partial charge in [0.1, 0.15) is 0 Å². The number of halogens is 1. The fourth-order valence-electron chi connectivity index (χ4n) is 3.32. The van der Waals surface area contributed by atoms with E-state index in [0.717, 1.165) is 35.2 Å². The zero-order valence-corrected chi connectivity index (χ0v) is 14.5. The molecular formula is C18H26BrNO. The lowest BCUT2D eigenvalue weighted by atomic mass is 9.84. The van der Waals surface area contributed by atoms with Gasteiger partial charge in [0.25, 0.3) is 5.91 Å². The van der Waals surface area contributed by atoms with Crippen molar-refractivity contribution in [1.82, 2.24) is 5.32 Å². The van der Waals surface area contributed by atoms with Gasteiger partial charge in [-0.1, -0.05) is 67.4 Å². The zero-order valence-electron chi connectivity index (χ0n) is 12.9. The van der Waals surface area contributed by atoms with Crippen LogP contribution in [0.15, 0.2) is 28.7 Å². The molecule has 2 nitrogen and oxygen atoms in total. The molecule has 1 amide bonds. The molecular weight excluding hydrogens is 326 g/mol. The van der Waals surface area contributed by atoms with Crippen LogP contribution in [0.1, 0.15) is 68.6 Å². The zero-order chi connectivity index (χ0) is 15.1. The number of hydrogen-bond donors (Lipinski definition) is 1. The molecule has 0 unspecified atom stereocenters. The quantitative estimate of drug-likeness (QED) is 0.738. The average Bonchev–Trinajstić information content (AvgIpc) is 2.48. The number of benzene rings is 1. The molecule has 0 heterocycles. The van der Waals surface area contributed by atoms with E-state index in [-0.39, 0.29) is 5.91 Å². The molecule has 1 aromatic rings. The van der Waals surface area contributed by atoms with Crippen molar-refractivity contribution in [3.63, 3.8) is 0 Å². The molecule has 1 aliphatic rings. The van der Waals surface area contributed by atoms with Gasteiger partial charge in [-0.3, -0.25) is 4.79 Å². The van der Waals surface area contributed by atoms with Crippen LogP contribution in [-0.2, 0) is 0 Å². The van der Waals surface area contributed by atoms with E-state index in [0.29, 0.717) is 6.04 Å². The second-order valence-corrected chi connectivity index (χ2v) is 7.12. The Hall–Kier alpha value is -0.830. The Morgan fingerprint density at radius 3 is 2.76 bits per heavy atom. The summed E-state index contributed by atoms with van der Waals surface area (Å²) in [6.07, 6.45) is 10.1. The van der Waals surface area contributed by atoms with E-state index < -0.39 is 0 Å². The summed E-state index contributed by atoms with van der Waals surface area (Å²) in [7, 11) is 0. The van der Waals surface area contributed by atoms with Gasteiger partial charge in [0, 0.05) is 16.1 Å². The highest BCUT2D eigenvalue weighted by atomic mass is 79.9. The summed E-state index contributed by atoms with van der Waals surface area (Å²) in [4.78, 5) is 12.4. The van der Waals surface area contributed by atoms with Gasteiger partial charge in [0.15, 0.2) is 0 Å². The SMILES string of the molecule is CCC[C@H](CC1CCCCC1)NC(=O)c1cccc(Br)c1. The van der Waals surface area contributed by atoms with Crippen LogP contribution in [0.5, 0.6) is 0 Å². The minimum atomic E-state index is 0.0607. The molecule has 1 aliphatic carbocycles. The van der Waals surface area contributed by atoms with Crippen molar-refractivity contribution in [2.45, 2.75) is 64.3 Å². The van der Waals surface area contributed by atoms with Crippen LogP contribution < -0.4 is 5.32 Å². The molecule has 1 N–H and O–H groups in total. The van der Waals surface area contributed by atoms with Crippen molar-refractivity contribution >= 4 is 21.8 Å². The number of nitrogens with one attached hydrogen (secondary N) is 1. The van der Waals surface area contributed by atoms with Crippen molar-refractivity contribution < 1.29 is 4.79 Å². The molecule has 116 valence electrons. The van der Waals surface area contributed by atoms with E-state index in [1.165, 1.54) is 32.1 Å². The summed E-state index contributed by atoms with van der Waals surface area (Å²) in [5, 5.41) is 3.25. The maximum atomic E-state index is 12.4. The van der Waals surface area contributed by atoms with Crippen LogP contribution in [-0.4, -0.2) is 11.9 Å². The number of amides is 1. The normalized spacial score (nSPS) is 17.4. The van der Waals surface area contributed by atoms with E-state index in [1.807, 2.05) is 24.3 Å². The van der Waals surface area contributed by atoms with Crippen molar-refractivity contribution in [1.29, 1.82) is 0 Å². The smallest absolute Gasteiger partial charge is 0.251 e. The third-order valence-corrected chi connectivity index (χ3v) is 4.90. The Kier molecular flexibility index (Phi) is 6.75. The number of rotatable bonds is 6. The third kappa shape index (κ3) is 5.46. The summed E-state index contributed by atoms with van der Waals surface area (Å²) in [6, 6.07) is 7.95. The molecule has 1 atom stereocenters. The predicted octanol–water partition coefficient (Wildman–Crippen LogP) is 5.32. The average molecular weight is 352 g/mol.